The van der Waals surface area contributed by atoms with Gasteiger partial charge in [-0.1, -0.05) is 79.6 Å². The predicted octanol–water partition coefficient (Wildman–Crippen LogP) is 7.43. The Morgan fingerprint density at radius 3 is 2.26 bits per heavy atom. The van der Waals surface area contributed by atoms with E-state index in [1.54, 1.807) is 0 Å². The van der Waals surface area contributed by atoms with Gasteiger partial charge >= 0.3 is 0 Å². The number of unbranched alkanes of at least 4 members (excludes halogenated alkanes) is 5. The molecule has 252 valence electrons. The molecule has 4 saturated carbocycles. The molecule has 0 aromatic heterocycles. The van der Waals surface area contributed by atoms with Crippen LogP contribution < -0.4 is 16.4 Å². The van der Waals surface area contributed by atoms with Gasteiger partial charge in [-0.3, -0.25) is 0 Å². The molecular formula is C38H73N3O2. The van der Waals surface area contributed by atoms with Crippen molar-refractivity contribution in [3.8, 4) is 0 Å². The zero-order valence-corrected chi connectivity index (χ0v) is 29.1. The second-order valence-electron chi connectivity index (χ2n) is 16.9. The van der Waals surface area contributed by atoms with Crippen molar-refractivity contribution in [2.45, 2.75) is 168 Å². The highest BCUT2D eigenvalue weighted by Gasteiger charge is 2.67. The average molecular weight is 604 g/mol. The smallest absolute Gasteiger partial charge is 0.0880 e. The van der Waals surface area contributed by atoms with Crippen molar-refractivity contribution in [3.63, 3.8) is 0 Å². The molecule has 0 bridgehead atoms. The molecule has 0 radical (unpaired) electrons. The SMILES string of the molecule is CC(C)CCCC(C)[C@H]1CCC2C3C[C@@H](NCCCNCCCCCCCCN)[C@@]4(O)C[C@@H](O)CC[C@]4(C)C3CC[C@@]21C. The van der Waals surface area contributed by atoms with Gasteiger partial charge in [0.25, 0.3) is 0 Å². The van der Waals surface area contributed by atoms with Crippen molar-refractivity contribution in [2.75, 3.05) is 26.2 Å². The maximum Gasteiger partial charge on any atom is 0.0880 e. The molecule has 6 N–H and O–H groups in total. The van der Waals surface area contributed by atoms with E-state index < -0.39 is 5.60 Å². The van der Waals surface area contributed by atoms with Gasteiger partial charge in [-0.2, -0.15) is 0 Å². The van der Waals surface area contributed by atoms with Crippen LogP contribution in [-0.2, 0) is 0 Å². The molecule has 10 atom stereocenters. The summed E-state index contributed by atoms with van der Waals surface area (Å²) < 4.78 is 0. The molecule has 0 saturated heterocycles. The van der Waals surface area contributed by atoms with E-state index in [0.717, 1.165) is 75.5 Å². The minimum atomic E-state index is -0.807. The van der Waals surface area contributed by atoms with Gasteiger partial charge in [-0.05, 0) is 131 Å². The van der Waals surface area contributed by atoms with E-state index in [4.69, 9.17) is 5.73 Å². The normalized spacial score (nSPS) is 39.8. The molecule has 4 aliphatic carbocycles. The van der Waals surface area contributed by atoms with Gasteiger partial charge in [0.15, 0.2) is 0 Å². The molecule has 0 aromatic rings. The maximum atomic E-state index is 12.5. The summed E-state index contributed by atoms with van der Waals surface area (Å²) in [7, 11) is 0. The lowest BCUT2D eigenvalue weighted by Gasteiger charge is -2.66. The molecule has 5 nitrogen and oxygen atoms in total. The first-order valence-corrected chi connectivity index (χ1v) is 19.1. The number of nitrogens with two attached hydrogens (primary N) is 1. The van der Waals surface area contributed by atoms with E-state index in [9.17, 15) is 10.2 Å². The topological polar surface area (TPSA) is 90.5 Å². The highest BCUT2D eigenvalue weighted by Crippen LogP contribution is 2.69. The van der Waals surface area contributed by atoms with Crippen molar-refractivity contribution >= 4 is 0 Å². The van der Waals surface area contributed by atoms with Crippen LogP contribution in [0.25, 0.3) is 0 Å². The number of fused-ring (bicyclic) bond motifs is 5. The Bertz CT molecular complexity index is 823. The van der Waals surface area contributed by atoms with E-state index in [0.29, 0.717) is 23.7 Å². The monoisotopic (exact) mass is 604 g/mol. The molecule has 4 unspecified atom stereocenters. The highest BCUT2D eigenvalue weighted by molar-refractivity contribution is 5.18. The first-order valence-electron chi connectivity index (χ1n) is 19.1. The summed E-state index contributed by atoms with van der Waals surface area (Å²) >= 11 is 0. The third-order valence-electron chi connectivity index (χ3n) is 13.8. The summed E-state index contributed by atoms with van der Waals surface area (Å²) in [6, 6.07) is 0.0899. The summed E-state index contributed by atoms with van der Waals surface area (Å²) in [5.41, 5.74) is 5.15. The zero-order chi connectivity index (χ0) is 31.1. The van der Waals surface area contributed by atoms with Gasteiger partial charge in [-0.15, -0.1) is 0 Å². The van der Waals surface area contributed by atoms with Crippen molar-refractivity contribution in [3.05, 3.63) is 0 Å². The van der Waals surface area contributed by atoms with Crippen LogP contribution in [-0.4, -0.2) is 54.1 Å². The molecule has 43 heavy (non-hydrogen) atoms. The lowest BCUT2D eigenvalue weighted by atomic mass is 9.42. The van der Waals surface area contributed by atoms with Crippen LogP contribution in [0, 0.1) is 46.3 Å². The van der Waals surface area contributed by atoms with Gasteiger partial charge in [0.2, 0.25) is 0 Å². The molecule has 4 rings (SSSR count). The molecule has 5 heteroatoms. The van der Waals surface area contributed by atoms with E-state index in [1.165, 1.54) is 83.5 Å². The molecule has 0 amide bonds. The molecule has 0 aliphatic heterocycles. The number of aliphatic hydroxyl groups is 2. The van der Waals surface area contributed by atoms with Crippen LogP contribution in [0.2, 0.25) is 0 Å². The van der Waals surface area contributed by atoms with Crippen LogP contribution in [0.1, 0.15) is 150 Å². The molecule has 0 aromatic carbocycles. The Morgan fingerprint density at radius 1 is 0.791 bits per heavy atom. The summed E-state index contributed by atoms with van der Waals surface area (Å²) in [6.45, 7) is 16.3. The summed E-state index contributed by atoms with van der Waals surface area (Å²) in [6.07, 6.45) is 21.4. The number of nitrogens with one attached hydrogen (secondary N) is 2. The lowest BCUT2D eigenvalue weighted by Crippen LogP contribution is -2.71. The Kier molecular flexibility index (Phi) is 13.3. The van der Waals surface area contributed by atoms with Crippen LogP contribution in [0.5, 0.6) is 0 Å². The fraction of sp³-hybridized carbons (Fsp3) is 1.00. The summed E-state index contributed by atoms with van der Waals surface area (Å²) in [4.78, 5) is 0. The van der Waals surface area contributed by atoms with Crippen molar-refractivity contribution in [1.82, 2.24) is 10.6 Å². The summed E-state index contributed by atoms with van der Waals surface area (Å²) in [5.74, 6) is 4.57. The quantitative estimate of drug-likeness (QED) is 0.105. The third kappa shape index (κ3) is 8.03. The molecule has 0 spiro atoms. The summed E-state index contributed by atoms with van der Waals surface area (Å²) in [5, 5.41) is 30.9. The van der Waals surface area contributed by atoms with Crippen molar-refractivity contribution < 1.29 is 10.2 Å². The Morgan fingerprint density at radius 2 is 1.51 bits per heavy atom. The Labute approximate surface area is 266 Å². The van der Waals surface area contributed by atoms with Gasteiger partial charge in [0.1, 0.15) is 0 Å². The molecule has 4 fully saturated rings. The number of rotatable bonds is 18. The fourth-order valence-electron chi connectivity index (χ4n) is 11.3. The Balaban J connectivity index is 1.34. The third-order valence-corrected chi connectivity index (χ3v) is 13.8. The zero-order valence-electron chi connectivity index (χ0n) is 29.1. The minimum Gasteiger partial charge on any atom is -0.393 e. The standard InChI is InChI=1S/C38H73N3O2/c1-28(2)14-12-15-29(3)32-16-17-33-31-26-35(41-25-13-24-40-23-11-9-7-6-8-10-22-39)38(43)27-30(42)18-21-37(38,5)34(31)19-20-36(32,33)4/h28-35,40-43H,6-27,39H2,1-5H3/t29?,30-,31?,32+,33?,34?,35+,36+,37+,38-/m0/s1. The largest absolute Gasteiger partial charge is 0.393 e. The second kappa shape index (κ2) is 16.1. The van der Waals surface area contributed by atoms with Crippen LogP contribution in [0.4, 0.5) is 0 Å². The first-order chi connectivity index (χ1) is 20.6. The van der Waals surface area contributed by atoms with Gasteiger partial charge in [-0.25, -0.2) is 0 Å². The number of hydrogen-bond acceptors (Lipinski definition) is 5. The van der Waals surface area contributed by atoms with Crippen molar-refractivity contribution in [1.29, 1.82) is 0 Å². The predicted molar refractivity (Wildman–Crippen MR) is 182 cm³/mol. The maximum absolute atomic E-state index is 12.5. The van der Waals surface area contributed by atoms with Crippen molar-refractivity contribution in [2.24, 2.45) is 52.1 Å². The second-order valence-corrected chi connectivity index (χ2v) is 16.9. The molecule has 0 heterocycles. The number of hydrogen-bond donors (Lipinski definition) is 5. The average Bonchev–Trinajstić information content (AvgIpc) is 3.32. The lowest BCUT2D eigenvalue weighted by molar-refractivity contribution is -0.234. The van der Waals surface area contributed by atoms with E-state index in [2.05, 4.69) is 45.3 Å². The Hall–Kier alpha value is -0.200. The molecule has 4 aliphatic rings. The molecular weight excluding hydrogens is 530 g/mol. The number of aliphatic hydroxyl groups excluding tert-OH is 1. The highest BCUT2D eigenvalue weighted by atomic mass is 16.3. The minimum absolute atomic E-state index is 0.0899. The van der Waals surface area contributed by atoms with Gasteiger partial charge in [0, 0.05) is 17.9 Å². The van der Waals surface area contributed by atoms with Crippen LogP contribution in [0.15, 0.2) is 0 Å². The van der Waals surface area contributed by atoms with E-state index in [-0.39, 0.29) is 17.6 Å². The van der Waals surface area contributed by atoms with Gasteiger partial charge in [0.05, 0.1) is 11.7 Å². The van der Waals surface area contributed by atoms with E-state index in [1.807, 2.05) is 0 Å². The first kappa shape index (κ1) is 35.7. The van der Waals surface area contributed by atoms with Crippen LogP contribution >= 0.6 is 0 Å². The fourth-order valence-corrected chi connectivity index (χ4v) is 11.3. The van der Waals surface area contributed by atoms with Gasteiger partial charge < -0.3 is 26.6 Å². The van der Waals surface area contributed by atoms with Crippen LogP contribution in [0.3, 0.4) is 0 Å². The van der Waals surface area contributed by atoms with E-state index >= 15 is 0 Å².